The van der Waals surface area contributed by atoms with Crippen LogP contribution in [0.25, 0.3) is 0 Å². The van der Waals surface area contributed by atoms with Crippen molar-refractivity contribution < 1.29 is 4.79 Å². The van der Waals surface area contributed by atoms with Crippen molar-refractivity contribution in [3.63, 3.8) is 0 Å². The fourth-order valence-electron chi connectivity index (χ4n) is 4.40. The van der Waals surface area contributed by atoms with E-state index in [2.05, 4.69) is 0 Å². The number of thioether (sulfide) groups is 1. The molecule has 2 saturated carbocycles. The van der Waals surface area contributed by atoms with Crippen LogP contribution in [-0.2, 0) is 4.79 Å². The molecule has 0 aromatic rings. The van der Waals surface area contributed by atoms with Gasteiger partial charge in [-0.25, -0.2) is 4.99 Å². The minimum absolute atomic E-state index is 0.129. The quantitative estimate of drug-likeness (QED) is 0.834. The second kappa shape index (κ2) is 7.45. The third-order valence-electron chi connectivity index (χ3n) is 5.84. The first-order valence-corrected chi connectivity index (χ1v) is 10.4. The third kappa shape index (κ3) is 3.86. The van der Waals surface area contributed by atoms with E-state index in [4.69, 9.17) is 10.7 Å². The van der Waals surface area contributed by atoms with Crippen molar-refractivity contribution in [3.05, 3.63) is 0 Å². The summed E-state index contributed by atoms with van der Waals surface area (Å²) in [7, 11) is 1.77. The normalized spacial score (nSPS) is 30.7. The standard InChI is InChI=1S/C18H31N3OS/c1-21-16(22)18(20-17(21)19,12-14-8-4-2-5-9-14)13-23-15-10-6-3-7-11-15/h14-15H,2-13H2,1H3,(H2,19,20). The molecule has 1 atom stereocenters. The average molecular weight is 338 g/mol. The summed E-state index contributed by atoms with van der Waals surface area (Å²) in [5, 5.41) is 0.710. The Morgan fingerprint density at radius 2 is 1.74 bits per heavy atom. The number of hydrogen-bond donors (Lipinski definition) is 1. The van der Waals surface area contributed by atoms with Crippen LogP contribution in [0.2, 0.25) is 0 Å². The van der Waals surface area contributed by atoms with E-state index in [0.717, 1.165) is 12.2 Å². The zero-order chi connectivity index (χ0) is 16.3. The van der Waals surface area contributed by atoms with Gasteiger partial charge in [-0.2, -0.15) is 11.8 Å². The van der Waals surface area contributed by atoms with E-state index < -0.39 is 5.54 Å². The van der Waals surface area contributed by atoms with Gasteiger partial charge in [0, 0.05) is 18.1 Å². The topological polar surface area (TPSA) is 58.7 Å². The van der Waals surface area contributed by atoms with E-state index in [-0.39, 0.29) is 5.91 Å². The summed E-state index contributed by atoms with van der Waals surface area (Å²) in [5.41, 5.74) is 5.42. The molecule has 0 aromatic heterocycles. The second-order valence-electron chi connectivity index (χ2n) is 7.64. The Morgan fingerprint density at radius 3 is 2.30 bits per heavy atom. The lowest BCUT2D eigenvalue weighted by molar-refractivity contribution is -0.130. The first-order valence-electron chi connectivity index (χ1n) is 9.36. The van der Waals surface area contributed by atoms with Gasteiger partial charge in [-0.05, 0) is 25.2 Å². The minimum Gasteiger partial charge on any atom is -0.369 e. The van der Waals surface area contributed by atoms with Crippen LogP contribution in [0.1, 0.15) is 70.6 Å². The zero-order valence-electron chi connectivity index (χ0n) is 14.4. The van der Waals surface area contributed by atoms with Crippen LogP contribution in [0, 0.1) is 5.92 Å². The van der Waals surface area contributed by atoms with Crippen LogP contribution in [-0.4, -0.2) is 40.4 Å². The van der Waals surface area contributed by atoms with Crippen LogP contribution < -0.4 is 5.73 Å². The Bertz CT molecular complexity index is 455. The highest BCUT2D eigenvalue weighted by molar-refractivity contribution is 8.00. The summed E-state index contributed by atoms with van der Waals surface area (Å²) in [6.45, 7) is 0. The molecule has 0 radical (unpaired) electrons. The van der Waals surface area contributed by atoms with Crippen molar-refractivity contribution in [1.29, 1.82) is 0 Å². The monoisotopic (exact) mass is 337 g/mol. The van der Waals surface area contributed by atoms with Crippen molar-refractivity contribution in [2.75, 3.05) is 12.8 Å². The molecule has 0 spiro atoms. The minimum atomic E-state index is -0.580. The number of carbonyl (C=O) groups is 1. The molecule has 1 amide bonds. The molecular formula is C18H31N3OS. The van der Waals surface area contributed by atoms with E-state index >= 15 is 0 Å². The molecule has 1 heterocycles. The first-order chi connectivity index (χ1) is 11.1. The molecule has 130 valence electrons. The molecule has 23 heavy (non-hydrogen) atoms. The van der Waals surface area contributed by atoms with Gasteiger partial charge in [0.1, 0.15) is 0 Å². The molecule has 2 aliphatic carbocycles. The largest absolute Gasteiger partial charge is 0.369 e. The van der Waals surface area contributed by atoms with Gasteiger partial charge >= 0.3 is 0 Å². The molecule has 1 aliphatic heterocycles. The Kier molecular flexibility index (Phi) is 5.55. The van der Waals surface area contributed by atoms with Gasteiger partial charge < -0.3 is 5.73 Å². The molecule has 0 aromatic carbocycles. The van der Waals surface area contributed by atoms with Gasteiger partial charge in [-0.1, -0.05) is 51.4 Å². The number of rotatable bonds is 5. The summed E-state index contributed by atoms with van der Waals surface area (Å²) in [6.07, 6.45) is 14.0. The Morgan fingerprint density at radius 1 is 1.13 bits per heavy atom. The van der Waals surface area contributed by atoms with Crippen molar-refractivity contribution in [1.82, 2.24) is 4.90 Å². The molecule has 3 rings (SSSR count). The number of guanidine groups is 1. The number of likely N-dealkylation sites (N-methyl/N-ethyl adjacent to an activating group) is 1. The van der Waals surface area contributed by atoms with Gasteiger partial charge in [0.15, 0.2) is 11.5 Å². The number of hydrogen-bond acceptors (Lipinski definition) is 4. The number of nitrogens with zero attached hydrogens (tertiary/aromatic N) is 2. The lowest BCUT2D eigenvalue weighted by Crippen LogP contribution is -2.45. The Balaban J connectivity index is 1.69. The number of carbonyl (C=O) groups excluding carboxylic acids is 1. The lowest BCUT2D eigenvalue weighted by Gasteiger charge is -2.32. The van der Waals surface area contributed by atoms with Crippen LogP contribution in [0.3, 0.4) is 0 Å². The van der Waals surface area contributed by atoms with Crippen LogP contribution in [0.5, 0.6) is 0 Å². The van der Waals surface area contributed by atoms with Crippen LogP contribution in [0.4, 0.5) is 0 Å². The number of aliphatic imine (C=N–C) groups is 1. The molecule has 2 fully saturated rings. The van der Waals surface area contributed by atoms with Gasteiger partial charge in [0.25, 0.3) is 5.91 Å². The van der Waals surface area contributed by atoms with E-state index in [0.29, 0.717) is 17.1 Å². The van der Waals surface area contributed by atoms with E-state index in [1.807, 2.05) is 11.8 Å². The number of nitrogens with two attached hydrogens (primary N) is 1. The summed E-state index contributed by atoms with van der Waals surface area (Å²) in [5.74, 6) is 2.00. The molecule has 4 nitrogen and oxygen atoms in total. The van der Waals surface area contributed by atoms with E-state index in [1.54, 1.807) is 11.9 Å². The lowest BCUT2D eigenvalue weighted by atomic mass is 9.80. The second-order valence-corrected chi connectivity index (χ2v) is 8.93. The van der Waals surface area contributed by atoms with Crippen molar-refractivity contribution >= 4 is 23.6 Å². The highest BCUT2D eigenvalue weighted by atomic mass is 32.2. The molecular weight excluding hydrogens is 306 g/mol. The Hall–Kier alpha value is -0.710. The van der Waals surface area contributed by atoms with Crippen LogP contribution in [0.15, 0.2) is 4.99 Å². The summed E-state index contributed by atoms with van der Waals surface area (Å²) < 4.78 is 0. The van der Waals surface area contributed by atoms with Gasteiger partial charge in [0.2, 0.25) is 0 Å². The Labute approximate surface area is 144 Å². The van der Waals surface area contributed by atoms with Gasteiger partial charge in [-0.15, -0.1) is 0 Å². The molecule has 1 unspecified atom stereocenters. The molecule has 0 saturated heterocycles. The summed E-state index contributed by atoms with van der Waals surface area (Å²) >= 11 is 1.98. The highest BCUT2D eigenvalue weighted by Crippen LogP contribution is 2.39. The van der Waals surface area contributed by atoms with Crippen LogP contribution >= 0.6 is 11.8 Å². The highest BCUT2D eigenvalue weighted by Gasteiger charge is 2.47. The van der Waals surface area contributed by atoms with Gasteiger partial charge in [0.05, 0.1) is 0 Å². The van der Waals surface area contributed by atoms with Gasteiger partial charge in [-0.3, -0.25) is 9.69 Å². The summed E-state index contributed by atoms with van der Waals surface area (Å²) in [6, 6.07) is 0. The smallest absolute Gasteiger partial charge is 0.257 e. The average Bonchev–Trinajstić information content (AvgIpc) is 2.79. The first kappa shape index (κ1) is 17.1. The third-order valence-corrected chi connectivity index (χ3v) is 7.42. The summed E-state index contributed by atoms with van der Waals surface area (Å²) in [4.78, 5) is 19.2. The van der Waals surface area contributed by atoms with Crippen molar-refractivity contribution in [2.45, 2.75) is 81.4 Å². The van der Waals surface area contributed by atoms with E-state index in [9.17, 15) is 4.79 Å². The molecule has 3 aliphatic rings. The van der Waals surface area contributed by atoms with Crippen molar-refractivity contribution in [2.24, 2.45) is 16.6 Å². The SMILES string of the molecule is CN1C(=O)C(CSC2CCCCC2)(CC2CCCCC2)N=C1N. The molecule has 0 bridgehead atoms. The van der Waals surface area contributed by atoms with Crippen molar-refractivity contribution in [3.8, 4) is 0 Å². The zero-order valence-corrected chi connectivity index (χ0v) is 15.2. The maximum atomic E-state index is 12.9. The maximum absolute atomic E-state index is 12.9. The number of amides is 1. The van der Waals surface area contributed by atoms with E-state index in [1.165, 1.54) is 64.2 Å². The fourth-order valence-corrected chi connectivity index (χ4v) is 5.88. The predicted octanol–water partition coefficient (Wildman–Crippen LogP) is 3.55. The maximum Gasteiger partial charge on any atom is 0.257 e. The predicted molar refractivity (Wildman–Crippen MR) is 97.6 cm³/mol. The fraction of sp³-hybridized carbons (Fsp3) is 0.889. The molecule has 5 heteroatoms. The molecule has 2 N–H and O–H groups in total.